The molecule has 27 heavy (non-hydrogen) atoms. The van der Waals surface area contributed by atoms with Crippen LogP contribution in [0.15, 0.2) is 29.7 Å². The van der Waals surface area contributed by atoms with Gasteiger partial charge in [-0.1, -0.05) is 19.1 Å². The Hall–Kier alpha value is -2.34. The Morgan fingerprint density at radius 2 is 2.07 bits per heavy atom. The molecule has 144 valence electrons. The number of carboxylic acids is 1. The van der Waals surface area contributed by atoms with Crippen LogP contribution in [0.2, 0.25) is 0 Å². The molecule has 1 unspecified atom stereocenters. The Balaban J connectivity index is 1.99. The number of carbonyl (C=O) groups is 2. The van der Waals surface area contributed by atoms with Crippen molar-refractivity contribution < 1.29 is 19.4 Å². The number of hydrogen-bond acceptors (Lipinski definition) is 4. The molecule has 0 saturated heterocycles. The molecule has 1 amide bonds. The van der Waals surface area contributed by atoms with Crippen molar-refractivity contribution in [2.24, 2.45) is 5.92 Å². The molecule has 1 N–H and O–H groups in total. The second kappa shape index (κ2) is 7.35. The predicted octanol–water partition coefficient (Wildman–Crippen LogP) is 5.15. The summed E-state index contributed by atoms with van der Waals surface area (Å²) < 4.78 is 6.64. The van der Waals surface area contributed by atoms with E-state index >= 15 is 0 Å². The Kier molecular flexibility index (Phi) is 5.29. The SMILES string of the molecule is CC1CC=C(c2ccc3scc(CC(=O)O)c3c2)N(C(=O)OC(C)(C)C)C1. The summed E-state index contributed by atoms with van der Waals surface area (Å²) in [5.74, 6) is -0.491. The maximum absolute atomic E-state index is 12.8. The first kappa shape index (κ1) is 19.4. The van der Waals surface area contributed by atoms with E-state index in [9.17, 15) is 9.59 Å². The summed E-state index contributed by atoms with van der Waals surface area (Å²) in [4.78, 5) is 25.6. The number of ether oxygens (including phenoxy) is 1. The van der Waals surface area contributed by atoms with E-state index < -0.39 is 11.6 Å². The highest BCUT2D eigenvalue weighted by Crippen LogP contribution is 2.34. The van der Waals surface area contributed by atoms with Crippen LogP contribution < -0.4 is 0 Å². The summed E-state index contributed by atoms with van der Waals surface area (Å²) in [7, 11) is 0. The van der Waals surface area contributed by atoms with Crippen molar-refractivity contribution in [3.8, 4) is 0 Å². The molecule has 1 aromatic heterocycles. The van der Waals surface area contributed by atoms with Crippen LogP contribution in [-0.2, 0) is 16.0 Å². The molecule has 0 radical (unpaired) electrons. The third-order valence-corrected chi connectivity index (χ3v) is 5.42. The molecule has 0 saturated carbocycles. The van der Waals surface area contributed by atoms with Gasteiger partial charge in [-0.2, -0.15) is 0 Å². The first-order valence-corrected chi connectivity index (χ1v) is 9.95. The fraction of sp³-hybridized carbons (Fsp3) is 0.429. The zero-order valence-electron chi connectivity index (χ0n) is 16.1. The molecule has 0 spiro atoms. The normalized spacial score (nSPS) is 17.7. The number of amides is 1. The van der Waals surface area contributed by atoms with E-state index in [0.717, 1.165) is 33.3 Å². The summed E-state index contributed by atoms with van der Waals surface area (Å²) >= 11 is 1.54. The third-order valence-electron chi connectivity index (χ3n) is 4.40. The maximum atomic E-state index is 12.8. The quantitative estimate of drug-likeness (QED) is 0.791. The van der Waals surface area contributed by atoms with E-state index in [1.54, 1.807) is 4.90 Å². The lowest BCUT2D eigenvalue weighted by molar-refractivity contribution is -0.136. The van der Waals surface area contributed by atoms with E-state index in [1.807, 2.05) is 44.4 Å². The molecule has 1 atom stereocenters. The number of benzene rings is 1. The number of carboxylic acid groups (broad SMARTS) is 1. The Morgan fingerprint density at radius 3 is 2.74 bits per heavy atom. The number of rotatable bonds is 3. The van der Waals surface area contributed by atoms with Crippen molar-refractivity contribution in [1.82, 2.24) is 4.90 Å². The van der Waals surface area contributed by atoms with Crippen LogP contribution in [0, 0.1) is 5.92 Å². The number of allylic oxidation sites excluding steroid dienone is 1. The van der Waals surface area contributed by atoms with E-state index in [1.165, 1.54) is 11.3 Å². The van der Waals surface area contributed by atoms with E-state index in [4.69, 9.17) is 9.84 Å². The first-order chi connectivity index (χ1) is 12.6. The average molecular weight is 388 g/mol. The smallest absolute Gasteiger partial charge is 0.414 e. The molecular weight excluding hydrogens is 362 g/mol. The fourth-order valence-electron chi connectivity index (χ4n) is 3.21. The minimum absolute atomic E-state index is 0.00465. The summed E-state index contributed by atoms with van der Waals surface area (Å²) in [6.07, 6.45) is 2.60. The van der Waals surface area contributed by atoms with Gasteiger partial charge in [0, 0.05) is 11.2 Å². The van der Waals surface area contributed by atoms with Gasteiger partial charge in [0.25, 0.3) is 0 Å². The van der Waals surface area contributed by atoms with Crippen LogP contribution in [0.5, 0.6) is 0 Å². The molecule has 0 aliphatic carbocycles. The van der Waals surface area contributed by atoms with Crippen molar-refractivity contribution >= 4 is 39.2 Å². The second-order valence-corrected chi connectivity index (χ2v) is 8.97. The Bertz CT molecular complexity index is 907. The third kappa shape index (κ3) is 4.50. The van der Waals surface area contributed by atoms with Gasteiger partial charge in [0.05, 0.1) is 12.1 Å². The average Bonchev–Trinajstić information content (AvgIpc) is 2.95. The zero-order chi connectivity index (χ0) is 19.8. The van der Waals surface area contributed by atoms with Crippen molar-refractivity contribution in [2.75, 3.05) is 6.54 Å². The lowest BCUT2D eigenvalue weighted by Gasteiger charge is -2.34. The molecule has 2 aromatic rings. The van der Waals surface area contributed by atoms with Crippen molar-refractivity contribution in [3.63, 3.8) is 0 Å². The van der Waals surface area contributed by atoms with Crippen molar-refractivity contribution in [2.45, 2.75) is 46.1 Å². The van der Waals surface area contributed by atoms with Gasteiger partial charge in [-0.05, 0) is 67.1 Å². The topological polar surface area (TPSA) is 66.8 Å². The molecule has 0 bridgehead atoms. The van der Waals surface area contributed by atoms with Crippen LogP contribution in [0.4, 0.5) is 4.79 Å². The maximum Gasteiger partial charge on any atom is 0.414 e. The molecule has 0 fully saturated rings. The lowest BCUT2D eigenvalue weighted by Crippen LogP contribution is -2.39. The van der Waals surface area contributed by atoms with Crippen molar-refractivity contribution in [1.29, 1.82) is 0 Å². The highest BCUT2D eigenvalue weighted by Gasteiger charge is 2.29. The van der Waals surface area contributed by atoms with Gasteiger partial charge in [-0.25, -0.2) is 4.79 Å². The van der Waals surface area contributed by atoms with E-state index in [-0.39, 0.29) is 12.5 Å². The monoisotopic (exact) mass is 387 g/mol. The van der Waals surface area contributed by atoms with Crippen LogP contribution in [-0.4, -0.2) is 34.2 Å². The van der Waals surface area contributed by atoms with E-state index in [2.05, 4.69) is 13.0 Å². The number of hydrogen-bond donors (Lipinski definition) is 1. The molecule has 6 heteroatoms. The van der Waals surface area contributed by atoms with Gasteiger partial charge < -0.3 is 9.84 Å². The fourth-order valence-corrected chi connectivity index (χ4v) is 4.16. The van der Waals surface area contributed by atoms with Gasteiger partial charge in [0.15, 0.2) is 0 Å². The van der Waals surface area contributed by atoms with E-state index in [0.29, 0.717) is 12.5 Å². The standard InChI is InChI=1S/C21H25NO4S/c1-13-5-7-17(22(11-13)20(25)26-21(2,3)4)14-6-8-18-16(9-14)15(12-27-18)10-19(23)24/h6-9,12-13H,5,10-11H2,1-4H3,(H,23,24). The molecule has 3 rings (SSSR count). The zero-order valence-corrected chi connectivity index (χ0v) is 16.9. The summed E-state index contributed by atoms with van der Waals surface area (Å²) in [6.45, 7) is 8.29. The lowest BCUT2D eigenvalue weighted by atomic mass is 9.97. The number of carbonyl (C=O) groups excluding carboxylic acids is 1. The van der Waals surface area contributed by atoms with Gasteiger partial charge >= 0.3 is 12.1 Å². The predicted molar refractivity (Wildman–Crippen MR) is 108 cm³/mol. The van der Waals surface area contributed by atoms with Gasteiger partial charge in [-0.3, -0.25) is 9.69 Å². The summed E-state index contributed by atoms with van der Waals surface area (Å²) in [6, 6.07) is 5.97. The number of nitrogens with zero attached hydrogens (tertiary/aromatic N) is 1. The molecule has 1 aromatic carbocycles. The van der Waals surface area contributed by atoms with Crippen LogP contribution in [0.25, 0.3) is 15.8 Å². The van der Waals surface area contributed by atoms with Gasteiger partial charge in [0.1, 0.15) is 5.60 Å². The summed E-state index contributed by atoms with van der Waals surface area (Å²) in [5, 5.41) is 12.0. The van der Waals surface area contributed by atoms with Crippen LogP contribution >= 0.6 is 11.3 Å². The summed E-state index contributed by atoms with van der Waals surface area (Å²) in [5.41, 5.74) is 1.98. The second-order valence-electron chi connectivity index (χ2n) is 8.06. The number of thiophene rings is 1. The molecular formula is C21H25NO4S. The number of aliphatic carboxylic acids is 1. The minimum Gasteiger partial charge on any atom is -0.481 e. The largest absolute Gasteiger partial charge is 0.481 e. The Labute approximate surface area is 163 Å². The van der Waals surface area contributed by atoms with Crippen LogP contribution in [0.1, 0.15) is 45.2 Å². The molecule has 1 aliphatic rings. The molecule has 1 aliphatic heterocycles. The number of fused-ring (bicyclic) bond motifs is 1. The molecule has 2 heterocycles. The van der Waals surface area contributed by atoms with Gasteiger partial charge in [0.2, 0.25) is 0 Å². The van der Waals surface area contributed by atoms with Gasteiger partial charge in [-0.15, -0.1) is 11.3 Å². The Morgan fingerprint density at radius 1 is 1.33 bits per heavy atom. The highest BCUT2D eigenvalue weighted by atomic mass is 32.1. The first-order valence-electron chi connectivity index (χ1n) is 9.07. The molecule has 5 nitrogen and oxygen atoms in total. The van der Waals surface area contributed by atoms with Crippen molar-refractivity contribution in [3.05, 3.63) is 40.8 Å². The minimum atomic E-state index is -0.846. The van der Waals surface area contributed by atoms with Crippen LogP contribution in [0.3, 0.4) is 0 Å². The highest BCUT2D eigenvalue weighted by molar-refractivity contribution is 7.17.